The highest BCUT2D eigenvalue weighted by Crippen LogP contribution is 2.36. The van der Waals surface area contributed by atoms with E-state index in [1.54, 1.807) is 0 Å². The van der Waals surface area contributed by atoms with Gasteiger partial charge in [0, 0.05) is 11.3 Å². The molecule has 1 fully saturated rings. The normalized spacial score (nSPS) is 20.4. The zero-order chi connectivity index (χ0) is 12.1. The average molecular weight is 249 g/mol. The van der Waals surface area contributed by atoms with Gasteiger partial charge in [0.25, 0.3) is 0 Å². The van der Waals surface area contributed by atoms with Crippen molar-refractivity contribution in [3.63, 3.8) is 0 Å². The van der Waals surface area contributed by atoms with Crippen molar-refractivity contribution in [2.45, 2.75) is 43.9 Å². The lowest BCUT2D eigenvalue weighted by Gasteiger charge is -2.22. The molecular weight excluding hydrogens is 226 g/mol. The van der Waals surface area contributed by atoms with Gasteiger partial charge in [-0.2, -0.15) is 11.8 Å². The molecule has 0 amide bonds. The summed E-state index contributed by atoms with van der Waals surface area (Å²) in [5, 5.41) is 0.455. The second-order valence-electron chi connectivity index (χ2n) is 5.17. The largest absolute Gasteiger partial charge is 0.327 e. The molecule has 1 aliphatic carbocycles. The minimum atomic E-state index is 0.226. The van der Waals surface area contributed by atoms with E-state index < -0.39 is 0 Å². The van der Waals surface area contributed by atoms with Crippen molar-refractivity contribution in [1.82, 2.24) is 0 Å². The Bertz CT molecular complexity index is 317. The van der Waals surface area contributed by atoms with Crippen LogP contribution in [0.1, 0.15) is 43.4 Å². The van der Waals surface area contributed by atoms with Gasteiger partial charge in [-0.05, 0) is 37.0 Å². The van der Waals surface area contributed by atoms with Crippen LogP contribution in [0.5, 0.6) is 0 Å². The first-order valence-corrected chi connectivity index (χ1v) is 7.74. The van der Waals surface area contributed by atoms with Crippen LogP contribution < -0.4 is 5.73 Å². The Hall–Kier alpha value is -0.470. The Morgan fingerprint density at radius 3 is 2.47 bits per heavy atom. The Kier molecular flexibility index (Phi) is 4.93. The highest BCUT2D eigenvalue weighted by atomic mass is 32.2. The van der Waals surface area contributed by atoms with Crippen molar-refractivity contribution >= 4 is 11.8 Å². The van der Waals surface area contributed by atoms with E-state index >= 15 is 0 Å². The highest BCUT2D eigenvalue weighted by molar-refractivity contribution is 7.99. The minimum Gasteiger partial charge on any atom is -0.327 e. The van der Waals surface area contributed by atoms with Gasteiger partial charge in [-0.15, -0.1) is 0 Å². The molecule has 0 radical (unpaired) electrons. The molecule has 0 spiro atoms. The predicted octanol–water partition coefficient (Wildman–Crippen LogP) is 4.00. The van der Waals surface area contributed by atoms with Crippen molar-refractivity contribution in [2.75, 3.05) is 5.75 Å². The number of hydrogen-bond donors (Lipinski definition) is 1. The highest BCUT2D eigenvalue weighted by Gasteiger charge is 2.20. The van der Waals surface area contributed by atoms with E-state index in [0.717, 1.165) is 5.92 Å². The molecule has 17 heavy (non-hydrogen) atoms. The lowest BCUT2D eigenvalue weighted by atomic mass is 10.1. The van der Waals surface area contributed by atoms with Crippen molar-refractivity contribution < 1.29 is 0 Å². The molecule has 1 aromatic carbocycles. The third-order valence-corrected chi connectivity index (χ3v) is 5.32. The summed E-state index contributed by atoms with van der Waals surface area (Å²) < 4.78 is 0. The summed E-state index contributed by atoms with van der Waals surface area (Å²) in [5.74, 6) is 2.21. The summed E-state index contributed by atoms with van der Waals surface area (Å²) in [7, 11) is 0. The summed E-state index contributed by atoms with van der Waals surface area (Å²) in [6.45, 7) is 2.12. The molecule has 2 heteroatoms. The van der Waals surface area contributed by atoms with E-state index in [0.29, 0.717) is 5.25 Å². The molecule has 2 unspecified atom stereocenters. The van der Waals surface area contributed by atoms with Gasteiger partial charge in [0.15, 0.2) is 0 Å². The molecule has 2 rings (SSSR count). The fourth-order valence-corrected chi connectivity index (χ4v) is 4.08. The molecule has 0 saturated heterocycles. The molecule has 0 bridgehead atoms. The monoisotopic (exact) mass is 249 g/mol. The average Bonchev–Trinajstić information content (AvgIpc) is 2.83. The van der Waals surface area contributed by atoms with E-state index in [9.17, 15) is 0 Å². The molecule has 1 aliphatic rings. The topological polar surface area (TPSA) is 26.0 Å². The van der Waals surface area contributed by atoms with E-state index in [4.69, 9.17) is 5.73 Å². The van der Waals surface area contributed by atoms with Gasteiger partial charge in [0.1, 0.15) is 0 Å². The van der Waals surface area contributed by atoms with Crippen molar-refractivity contribution in [2.24, 2.45) is 11.7 Å². The molecule has 1 aromatic rings. The Morgan fingerprint density at radius 1 is 1.24 bits per heavy atom. The van der Waals surface area contributed by atoms with E-state index in [1.165, 1.54) is 37.0 Å². The first-order chi connectivity index (χ1) is 8.27. The van der Waals surface area contributed by atoms with Crippen LogP contribution in [-0.4, -0.2) is 11.8 Å². The third-order valence-electron chi connectivity index (χ3n) is 3.59. The van der Waals surface area contributed by atoms with Gasteiger partial charge in [-0.25, -0.2) is 0 Å². The fourth-order valence-electron chi connectivity index (χ4n) is 2.61. The van der Waals surface area contributed by atoms with Crippen LogP contribution in [0.4, 0.5) is 0 Å². The summed E-state index contributed by atoms with van der Waals surface area (Å²) in [5.41, 5.74) is 7.51. The maximum atomic E-state index is 6.13. The van der Waals surface area contributed by atoms with Crippen LogP contribution in [0, 0.1) is 5.92 Å². The van der Waals surface area contributed by atoms with Crippen molar-refractivity contribution in [1.29, 1.82) is 0 Å². The molecule has 2 N–H and O–H groups in total. The van der Waals surface area contributed by atoms with E-state index in [1.807, 2.05) is 0 Å². The summed E-state index contributed by atoms with van der Waals surface area (Å²) >= 11 is 2.05. The second kappa shape index (κ2) is 6.46. The van der Waals surface area contributed by atoms with Gasteiger partial charge in [0.2, 0.25) is 0 Å². The van der Waals surface area contributed by atoms with Crippen LogP contribution in [0.15, 0.2) is 30.3 Å². The third kappa shape index (κ3) is 3.75. The second-order valence-corrected chi connectivity index (χ2v) is 6.35. The van der Waals surface area contributed by atoms with Crippen LogP contribution in [0.2, 0.25) is 0 Å². The summed E-state index contributed by atoms with van der Waals surface area (Å²) in [6, 6.07) is 10.9. The molecular formula is C15H23NS. The lowest BCUT2D eigenvalue weighted by Crippen LogP contribution is -2.23. The van der Waals surface area contributed by atoms with Gasteiger partial charge in [-0.3, -0.25) is 0 Å². The molecule has 0 heterocycles. The van der Waals surface area contributed by atoms with Crippen molar-refractivity contribution in [3.8, 4) is 0 Å². The van der Waals surface area contributed by atoms with Gasteiger partial charge < -0.3 is 5.73 Å². The van der Waals surface area contributed by atoms with Crippen LogP contribution >= 0.6 is 11.8 Å². The number of benzene rings is 1. The number of rotatable bonds is 5. The smallest absolute Gasteiger partial charge is 0.0445 e. The minimum absolute atomic E-state index is 0.226. The van der Waals surface area contributed by atoms with Gasteiger partial charge in [-0.1, -0.05) is 43.2 Å². The number of nitrogens with two attached hydrogens (primary N) is 1. The molecule has 0 aromatic heterocycles. The zero-order valence-electron chi connectivity index (χ0n) is 10.6. The van der Waals surface area contributed by atoms with Crippen LogP contribution in [0.25, 0.3) is 0 Å². The van der Waals surface area contributed by atoms with Crippen molar-refractivity contribution in [3.05, 3.63) is 35.9 Å². The summed E-state index contributed by atoms with van der Waals surface area (Å²) in [6.07, 6.45) is 5.71. The number of thioether (sulfide) groups is 1. The SMILES string of the molecule is CC(N)C(SCC1CCCC1)c1ccccc1. The lowest BCUT2D eigenvalue weighted by molar-refractivity contribution is 0.618. The molecule has 2 atom stereocenters. The fraction of sp³-hybridized carbons (Fsp3) is 0.600. The first kappa shape index (κ1) is 13.0. The van der Waals surface area contributed by atoms with E-state index in [2.05, 4.69) is 49.0 Å². The molecule has 0 aliphatic heterocycles. The van der Waals surface area contributed by atoms with Gasteiger partial charge in [0.05, 0.1) is 0 Å². The molecule has 1 nitrogen and oxygen atoms in total. The molecule has 1 saturated carbocycles. The van der Waals surface area contributed by atoms with E-state index in [-0.39, 0.29) is 6.04 Å². The van der Waals surface area contributed by atoms with Crippen LogP contribution in [0.3, 0.4) is 0 Å². The quantitative estimate of drug-likeness (QED) is 0.853. The predicted molar refractivity (Wildman–Crippen MR) is 77.2 cm³/mol. The van der Waals surface area contributed by atoms with Gasteiger partial charge >= 0.3 is 0 Å². The maximum absolute atomic E-state index is 6.13. The zero-order valence-corrected chi connectivity index (χ0v) is 11.5. The Morgan fingerprint density at radius 2 is 1.88 bits per heavy atom. The summed E-state index contributed by atoms with van der Waals surface area (Å²) in [4.78, 5) is 0. The number of hydrogen-bond acceptors (Lipinski definition) is 2. The Balaban J connectivity index is 1.93. The Labute approximate surface area is 109 Å². The molecule has 94 valence electrons. The maximum Gasteiger partial charge on any atom is 0.0445 e. The van der Waals surface area contributed by atoms with Crippen LogP contribution in [-0.2, 0) is 0 Å². The standard InChI is InChI=1S/C15H23NS/c1-12(16)15(14-9-3-2-4-10-14)17-11-13-7-5-6-8-13/h2-4,9-10,12-13,15H,5-8,11,16H2,1H3. The first-order valence-electron chi connectivity index (χ1n) is 6.69.